The second kappa shape index (κ2) is 9.94. The van der Waals surface area contributed by atoms with Gasteiger partial charge >= 0.3 is 1.43 Å². The minimum absolute atomic E-state index is 0. The maximum Gasteiger partial charge on any atom is 1.00 e. The quantitative estimate of drug-likeness (QED) is 0.329. The normalized spacial score (nSPS) is 10.9. The van der Waals surface area contributed by atoms with Crippen LogP contribution in [0.1, 0.15) is 46.9 Å². The Bertz CT molecular complexity index is 426. The third kappa shape index (κ3) is 15.0. The summed E-state index contributed by atoms with van der Waals surface area (Å²) in [6.07, 6.45) is 14.6. The lowest BCUT2D eigenvalue weighted by molar-refractivity contribution is -0.671. The molecule has 0 aliphatic carbocycles. The summed E-state index contributed by atoms with van der Waals surface area (Å²) >= 11 is 0. The van der Waals surface area contributed by atoms with E-state index in [9.17, 15) is 0 Å². The van der Waals surface area contributed by atoms with Crippen LogP contribution in [-0.2, 0) is 24.0 Å². The zero-order chi connectivity index (χ0) is 14.7. The molecule has 0 fully saturated rings. The molecule has 1 heterocycles. The Morgan fingerprint density at radius 1 is 1.16 bits per heavy atom. The first-order chi connectivity index (χ1) is 8.83. The van der Waals surface area contributed by atoms with Gasteiger partial charge in [0.05, 0.1) is 13.6 Å². The third-order valence-electron chi connectivity index (χ3n) is 2.59. The Morgan fingerprint density at radius 2 is 1.68 bits per heavy atom. The number of nitrogens with zero attached hydrogens (tertiary/aromatic N) is 2. The summed E-state index contributed by atoms with van der Waals surface area (Å²) in [5.74, 6) is 0. The van der Waals surface area contributed by atoms with Crippen LogP contribution in [0.2, 0.25) is 0 Å². The standard InChI is InChI=1S/C12H23N2.H2O4S/c1-3-4-5-6-7-8-9-14-11-10-13(2)12-14;1-5(2,3)4/h10-12H,3-9H2,1-2H3;(H2,1,2,3,4)/q+1;/p-1. The molecule has 0 bridgehead atoms. The van der Waals surface area contributed by atoms with Crippen LogP contribution in [0, 0.1) is 0 Å². The molecule has 0 amide bonds. The van der Waals surface area contributed by atoms with E-state index in [4.69, 9.17) is 17.5 Å². The lowest BCUT2D eigenvalue weighted by Crippen LogP contribution is -2.23. The monoisotopic (exact) mass is 292 g/mol. The number of unbranched alkanes of at least 4 members (excludes halogenated alkanes) is 5. The van der Waals surface area contributed by atoms with Crippen molar-refractivity contribution in [3.05, 3.63) is 18.7 Å². The summed E-state index contributed by atoms with van der Waals surface area (Å²) in [6.45, 7) is 3.44. The van der Waals surface area contributed by atoms with Crippen molar-refractivity contribution in [2.45, 2.75) is 52.0 Å². The minimum atomic E-state index is -5.17. The molecule has 0 saturated heterocycles. The summed E-state index contributed by atoms with van der Waals surface area (Å²) < 4.78 is 38.4. The van der Waals surface area contributed by atoms with Crippen molar-refractivity contribution < 1.29 is 23.5 Å². The molecule has 0 atom stereocenters. The summed E-state index contributed by atoms with van der Waals surface area (Å²) in [5, 5.41) is 0. The van der Waals surface area contributed by atoms with E-state index in [-0.39, 0.29) is 1.43 Å². The molecule has 1 aromatic rings. The van der Waals surface area contributed by atoms with Crippen LogP contribution in [0.15, 0.2) is 18.7 Å². The molecular weight excluding hydrogens is 268 g/mol. The molecule has 0 N–H and O–H groups in total. The van der Waals surface area contributed by atoms with Crippen molar-refractivity contribution >= 4 is 10.4 Å². The van der Waals surface area contributed by atoms with Crippen LogP contribution in [0.3, 0.4) is 0 Å². The molecule has 0 radical (unpaired) electrons. The molecule has 0 saturated carbocycles. The zero-order valence-corrected chi connectivity index (χ0v) is 12.4. The Hall–Kier alpha value is -0.920. The van der Waals surface area contributed by atoms with Gasteiger partial charge in [0.2, 0.25) is 6.33 Å². The van der Waals surface area contributed by atoms with Gasteiger partial charge in [-0.2, -0.15) is 0 Å². The van der Waals surface area contributed by atoms with Gasteiger partial charge in [-0.05, 0) is 12.8 Å². The highest BCUT2D eigenvalue weighted by Crippen LogP contribution is 2.05. The van der Waals surface area contributed by atoms with Gasteiger partial charge in [0.1, 0.15) is 12.4 Å². The van der Waals surface area contributed by atoms with E-state index in [0.29, 0.717) is 0 Å². The van der Waals surface area contributed by atoms with E-state index >= 15 is 0 Å². The molecule has 0 unspecified atom stereocenters. The van der Waals surface area contributed by atoms with Crippen LogP contribution in [0.25, 0.3) is 0 Å². The number of aryl methyl sites for hydroxylation is 2. The molecule has 0 spiro atoms. The highest BCUT2D eigenvalue weighted by Gasteiger charge is 1.98. The smallest absolute Gasteiger partial charge is 0.759 e. The second-order valence-corrected chi connectivity index (χ2v) is 5.31. The van der Waals surface area contributed by atoms with Crippen LogP contribution >= 0.6 is 0 Å². The molecule has 0 aromatic carbocycles. The average molecular weight is 292 g/mol. The number of imidazole rings is 1. The minimum Gasteiger partial charge on any atom is -0.759 e. The average Bonchev–Trinajstić information content (AvgIpc) is 2.67. The Balaban J connectivity index is 0. The first kappa shape index (κ1) is 18.1. The maximum atomic E-state index is 8.52. The summed E-state index contributed by atoms with van der Waals surface area (Å²) in [4.78, 5) is 0. The predicted molar refractivity (Wildman–Crippen MR) is 70.6 cm³/mol. The summed E-state index contributed by atoms with van der Waals surface area (Å²) in [6, 6.07) is 0. The Morgan fingerprint density at radius 3 is 2.16 bits per heavy atom. The number of rotatable bonds is 7. The molecular formula is C12H24N2O4S. The van der Waals surface area contributed by atoms with Gasteiger partial charge in [0.15, 0.2) is 0 Å². The maximum absolute atomic E-state index is 8.52. The van der Waals surface area contributed by atoms with E-state index in [1.54, 1.807) is 0 Å². The molecule has 1 rings (SSSR count). The topological polar surface area (TPSA) is 89.1 Å². The van der Waals surface area contributed by atoms with E-state index < -0.39 is 10.4 Å². The van der Waals surface area contributed by atoms with E-state index in [1.165, 1.54) is 45.1 Å². The van der Waals surface area contributed by atoms with Crippen molar-refractivity contribution in [3.63, 3.8) is 0 Å². The van der Waals surface area contributed by atoms with Gasteiger partial charge in [0.25, 0.3) is 0 Å². The highest BCUT2D eigenvalue weighted by atomic mass is 32.3. The molecule has 1 aromatic heterocycles. The number of aromatic nitrogens is 2. The fraction of sp³-hybridized carbons (Fsp3) is 0.750. The number of hydrogen-bond donors (Lipinski definition) is 0. The summed E-state index contributed by atoms with van der Waals surface area (Å²) in [7, 11) is -3.10. The van der Waals surface area contributed by atoms with Gasteiger partial charge < -0.3 is 9.11 Å². The SMILES string of the molecule is CCCCCCCCn1cc[n+](C)c1.O=S(=O)([O-])[O-].[H+]. The fourth-order valence-corrected chi connectivity index (χ4v) is 1.71. The molecule has 112 valence electrons. The van der Waals surface area contributed by atoms with Crippen molar-refractivity contribution in [1.29, 1.82) is 0 Å². The van der Waals surface area contributed by atoms with Crippen molar-refractivity contribution in [1.82, 2.24) is 4.57 Å². The van der Waals surface area contributed by atoms with Gasteiger partial charge in [-0.25, -0.2) is 9.13 Å². The third-order valence-corrected chi connectivity index (χ3v) is 2.59. The summed E-state index contributed by atoms with van der Waals surface area (Å²) in [5.41, 5.74) is 0. The predicted octanol–water partition coefficient (Wildman–Crippen LogP) is 1.45. The molecule has 19 heavy (non-hydrogen) atoms. The van der Waals surface area contributed by atoms with E-state index in [2.05, 4.69) is 41.8 Å². The fourth-order valence-electron chi connectivity index (χ4n) is 1.71. The number of hydrogen-bond acceptors (Lipinski definition) is 4. The van der Waals surface area contributed by atoms with Crippen LogP contribution in [-0.4, -0.2) is 22.1 Å². The van der Waals surface area contributed by atoms with Gasteiger partial charge in [-0.3, -0.25) is 8.42 Å². The Kier molecular flexibility index (Phi) is 9.46. The molecule has 0 aliphatic rings. The van der Waals surface area contributed by atoms with Gasteiger partial charge in [0, 0.05) is 10.4 Å². The zero-order valence-electron chi connectivity index (χ0n) is 12.6. The lowest BCUT2D eigenvalue weighted by Gasteiger charge is -2.06. The lowest BCUT2D eigenvalue weighted by atomic mass is 10.1. The first-order valence-electron chi connectivity index (χ1n) is 6.50. The van der Waals surface area contributed by atoms with Crippen LogP contribution < -0.4 is 4.57 Å². The van der Waals surface area contributed by atoms with Crippen molar-refractivity contribution in [2.75, 3.05) is 0 Å². The van der Waals surface area contributed by atoms with Gasteiger partial charge in [-0.15, -0.1) is 0 Å². The van der Waals surface area contributed by atoms with Crippen molar-refractivity contribution in [3.8, 4) is 0 Å². The Labute approximate surface area is 117 Å². The molecule has 0 aliphatic heterocycles. The second-order valence-electron chi connectivity index (χ2n) is 4.49. The van der Waals surface area contributed by atoms with Crippen LogP contribution in [0.5, 0.6) is 0 Å². The molecule has 6 nitrogen and oxygen atoms in total. The van der Waals surface area contributed by atoms with Crippen LogP contribution in [0.4, 0.5) is 0 Å². The van der Waals surface area contributed by atoms with Gasteiger partial charge in [-0.1, -0.05) is 32.6 Å². The van der Waals surface area contributed by atoms with E-state index in [0.717, 1.165) is 0 Å². The molecule has 7 heteroatoms. The van der Waals surface area contributed by atoms with Crippen molar-refractivity contribution in [2.24, 2.45) is 7.05 Å². The largest absolute Gasteiger partial charge is 1.00 e. The first-order valence-corrected chi connectivity index (χ1v) is 7.84. The highest BCUT2D eigenvalue weighted by molar-refractivity contribution is 7.79. The van der Waals surface area contributed by atoms with E-state index in [1.807, 2.05) is 0 Å².